The Labute approximate surface area is 81.7 Å². The van der Waals surface area contributed by atoms with Crippen LogP contribution in [0.3, 0.4) is 0 Å². The predicted molar refractivity (Wildman–Crippen MR) is 55.8 cm³/mol. The zero-order valence-corrected chi connectivity index (χ0v) is 9.14. The molecule has 0 bridgehead atoms. The lowest BCUT2D eigenvalue weighted by Crippen LogP contribution is -2.44. The molecule has 0 amide bonds. The largest absolute Gasteiger partial charge is 0.316 e. The molecule has 0 aliphatic carbocycles. The van der Waals surface area contributed by atoms with Crippen LogP contribution >= 0.6 is 0 Å². The summed E-state index contributed by atoms with van der Waals surface area (Å²) in [5, 5.41) is 3.52. The summed E-state index contributed by atoms with van der Waals surface area (Å²) >= 11 is 0. The van der Waals surface area contributed by atoms with Crippen LogP contribution < -0.4 is 5.32 Å². The van der Waals surface area contributed by atoms with Gasteiger partial charge in [0.05, 0.1) is 0 Å². The second kappa shape index (κ2) is 3.25. The smallest absolute Gasteiger partial charge is 0.0197 e. The van der Waals surface area contributed by atoms with E-state index in [2.05, 4.69) is 31.0 Å². The number of hydrogen-bond donors (Lipinski definition) is 1. The number of hydrogen-bond acceptors (Lipinski definition) is 2. The molecule has 0 aromatic rings. The third-order valence-corrected chi connectivity index (χ3v) is 4.01. The van der Waals surface area contributed by atoms with Gasteiger partial charge in [-0.25, -0.2) is 0 Å². The molecule has 2 fully saturated rings. The van der Waals surface area contributed by atoms with Crippen molar-refractivity contribution >= 4 is 0 Å². The van der Waals surface area contributed by atoms with E-state index in [9.17, 15) is 0 Å². The molecule has 0 saturated carbocycles. The summed E-state index contributed by atoms with van der Waals surface area (Å²) in [6.45, 7) is 12.2. The highest BCUT2D eigenvalue weighted by Gasteiger charge is 2.48. The molecule has 2 heterocycles. The molecule has 2 aliphatic heterocycles. The molecule has 0 aromatic heterocycles. The molecule has 0 radical (unpaired) electrons. The van der Waals surface area contributed by atoms with Crippen LogP contribution in [0.2, 0.25) is 0 Å². The molecule has 2 atom stereocenters. The third kappa shape index (κ3) is 1.40. The van der Waals surface area contributed by atoms with Gasteiger partial charge in [-0.1, -0.05) is 6.92 Å². The van der Waals surface area contributed by atoms with Crippen molar-refractivity contribution in [2.24, 2.45) is 11.8 Å². The van der Waals surface area contributed by atoms with Gasteiger partial charge in [0.25, 0.3) is 0 Å². The molecule has 0 aromatic carbocycles. The standard InChI is InChI=1S/C11H22N2/c1-4-5-13-8-9-6-12-7-10(9)11(13,2)3/h9-10,12H,4-8H2,1-3H3. The maximum absolute atomic E-state index is 3.52. The van der Waals surface area contributed by atoms with Gasteiger partial charge in [0.2, 0.25) is 0 Å². The zero-order valence-electron chi connectivity index (χ0n) is 9.14. The molecular formula is C11H22N2. The first-order valence-electron chi connectivity index (χ1n) is 5.62. The zero-order chi connectivity index (χ0) is 9.47. The molecule has 2 saturated heterocycles. The topological polar surface area (TPSA) is 15.3 Å². The van der Waals surface area contributed by atoms with Crippen LogP contribution in [0.15, 0.2) is 0 Å². The van der Waals surface area contributed by atoms with Crippen molar-refractivity contribution in [3.05, 3.63) is 0 Å². The Morgan fingerprint density at radius 3 is 2.77 bits per heavy atom. The van der Waals surface area contributed by atoms with Gasteiger partial charge in [-0.15, -0.1) is 0 Å². The van der Waals surface area contributed by atoms with Gasteiger partial charge in [-0.05, 0) is 45.2 Å². The molecule has 0 spiro atoms. The highest BCUT2D eigenvalue weighted by atomic mass is 15.2. The minimum atomic E-state index is 0.435. The van der Waals surface area contributed by atoms with Gasteiger partial charge in [-0.2, -0.15) is 0 Å². The summed E-state index contributed by atoms with van der Waals surface area (Å²) in [5.74, 6) is 1.81. The van der Waals surface area contributed by atoms with Gasteiger partial charge in [0.15, 0.2) is 0 Å². The van der Waals surface area contributed by atoms with Crippen molar-refractivity contribution in [2.45, 2.75) is 32.7 Å². The molecule has 13 heavy (non-hydrogen) atoms. The SMILES string of the molecule is CCCN1CC2CNCC2C1(C)C. The van der Waals surface area contributed by atoms with E-state index in [0.717, 1.165) is 11.8 Å². The Bertz CT molecular complexity index is 189. The van der Waals surface area contributed by atoms with Gasteiger partial charge in [-0.3, -0.25) is 4.90 Å². The normalized spacial score (nSPS) is 38.1. The average Bonchev–Trinajstić information content (AvgIpc) is 2.58. The number of rotatable bonds is 2. The minimum absolute atomic E-state index is 0.435. The molecule has 2 heteroatoms. The molecule has 2 nitrogen and oxygen atoms in total. The first-order valence-corrected chi connectivity index (χ1v) is 5.62. The maximum Gasteiger partial charge on any atom is 0.0197 e. The summed E-state index contributed by atoms with van der Waals surface area (Å²) in [6.07, 6.45) is 1.29. The van der Waals surface area contributed by atoms with Crippen LogP contribution in [-0.4, -0.2) is 36.6 Å². The highest BCUT2D eigenvalue weighted by Crippen LogP contribution is 2.40. The maximum atomic E-state index is 3.52. The summed E-state index contributed by atoms with van der Waals surface area (Å²) in [5.41, 5.74) is 0.435. The van der Waals surface area contributed by atoms with E-state index in [1.807, 2.05) is 0 Å². The van der Waals surface area contributed by atoms with E-state index >= 15 is 0 Å². The average molecular weight is 182 g/mol. The lowest BCUT2D eigenvalue weighted by molar-refractivity contribution is 0.140. The van der Waals surface area contributed by atoms with E-state index in [4.69, 9.17) is 0 Å². The second-order valence-electron chi connectivity index (χ2n) is 5.12. The molecule has 2 aliphatic rings. The van der Waals surface area contributed by atoms with Gasteiger partial charge in [0, 0.05) is 18.6 Å². The van der Waals surface area contributed by atoms with Crippen LogP contribution in [0.5, 0.6) is 0 Å². The quantitative estimate of drug-likeness (QED) is 0.693. The Morgan fingerprint density at radius 2 is 2.15 bits per heavy atom. The van der Waals surface area contributed by atoms with Crippen molar-refractivity contribution < 1.29 is 0 Å². The van der Waals surface area contributed by atoms with Crippen LogP contribution in [-0.2, 0) is 0 Å². The van der Waals surface area contributed by atoms with Crippen LogP contribution in [0.1, 0.15) is 27.2 Å². The first kappa shape index (κ1) is 9.47. The van der Waals surface area contributed by atoms with E-state index in [1.165, 1.54) is 32.6 Å². The number of nitrogens with zero attached hydrogens (tertiary/aromatic N) is 1. The van der Waals surface area contributed by atoms with Crippen LogP contribution in [0.4, 0.5) is 0 Å². The van der Waals surface area contributed by atoms with Crippen molar-refractivity contribution in [2.75, 3.05) is 26.2 Å². The number of likely N-dealkylation sites (tertiary alicyclic amines) is 1. The lowest BCUT2D eigenvalue weighted by atomic mass is 9.85. The number of nitrogens with one attached hydrogen (secondary N) is 1. The Balaban J connectivity index is 2.09. The van der Waals surface area contributed by atoms with E-state index in [1.54, 1.807) is 0 Å². The van der Waals surface area contributed by atoms with Crippen molar-refractivity contribution in [1.82, 2.24) is 10.2 Å². The summed E-state index contributed by atoms with van der Waals surface area (Å²) in [4.78, 5) is 2.68. The van der Waals surface area contributed by atoms with Crippen molar-refractivity contribution in [3.8, 4) is 0 Å². The minimum Gasteiger partial charge on any atom is -0.316 e. The molecule has 1 N–H and O–H groups in total. The first-order chi connectivity index (χ1) is 6.16. The Morgan fingerprint density at radius 1 is 1.38 bits per heavy atom. The summed E-state index contributed by atoms with van der Waals surface area (Å²) < 4.78 is 0. The third-order valence-electron chi connectivity index (χ3n) is 4.01. The fourth-order valence-corrected chi connectivity index (χ4v) is 3.15. The molecular weight excluding hydrogens is 160 g/mol. The molecule has 2 rings (SSSR count). The van der Waals surface area contributed by atoms with Gasteiger partial charge >= 0.3 is 0 Å². The fraction of sp³-hybridized carbons (Fsp3) is 1.00. The Hall–Kier alpha value is -0.0800. The molecule has 76 valence electrons. The fourth-order valence-electron chi connectivity index (χ4n) is 3.15. The van der Waals surface area contributed by atoms with Crippen LogP contribution in [0, 0.1) is 11.8 Å². The van der Waals surface area contributed by atoms with Crippen molar-refractivity contribution in [1.29, 1.82) is 0 Å². The van der Waals surface area contributed by atoms with E-state index < -0.39 is 0 Å². The highest BCUT2D eigenvalue weighted by molar-refractivity contribution is 5.04. The van der Waals surface area contributed by atoms with Crippen LogP contribution in [0.25, 0.3) is 0 Å². The predicted octanol–water partition coefficient (Wildman–Crippen LogP) is 1.33. The van der Waals surface area contributed by atoms with Crippen molar-refractivity contribution in [3.63, 3.8) is 0 Å². The van der Waals surface area contributed by atoms with E-state index in [-0.39, 0.29) is 0 Å². The lowest BCUT2D eigenvalue weighted by Gasteiger charge is -2.35. The van der Waals surface area contributed by atoms with Gasteiger partial charge in [0.1, 0.15) is 0 Å². The second-order valence-corrected chi connectivity index (χ2v) is 5.12. The van der Waals surface area contributed by atoms with E-state index in [0.29, 0.717) is 5.54 Å². The monoisotopic (exact) mass is 182 g/mol. The molecule has 2 unspecified atom stereocenters. The Kier molecular flexibility index (Phi) is 2.37. The number of fused-ring (bicyclic) bond motifs is 1. The summed E-state index contributed by atoms with van der Waals surface area (Å²) in [6, 6.07) is 0. The summed E-state index contributed by atoms with van der Waals surface area (Å²) in [7, 11) is 0. The van der Waals surface area contributed by atoms with Gasteiger partial charge < -0.3 is 5.32 Å².